The highest BCUT2D eigenvalue weighted by atomic mass is 16.6. The Hall–Kier alpha value is -2.04. The van der Waals surface area contributed by atoms with Crippen LogP contribution in [0.25, 0.3) is 0 Å². The lowest BCUT2D eigenvalue weighted by atomic mass is 9.97. The molecule has 0 N–H and O–H groups in total. The van der Waals surface area contributed by atoms with Crippen LogP contribution in [0.15, 0.2) is 18.2 Å². The maximum absolute atomic E-state index is 12.2. The molecule has 2 rings (SSSR count). The van der Waals surface area contributed by atoms with E-state index in [1.165, 1.54) is 14.0 Å². The molecule has 1 aromatic carbocycles. The summed E-state index contributed by atoms with van der Waals surface area (Å²) in [5, 5.41) is 0. The molecule has 0 spiro atoms. The molecule has 18 heavy (non-hydrogen) atoms. The highest BCUT2D eigenvalue weighted by molar-refractivity contribution is 6.19. The average molecular weight is 250 g/mol. The number of carbonyl (C=O) groups excluding carboxylic acids is 2. The monoisotopic (exact) mass is 250 g/mol. The van der Waals surface area contributed by atoms with Gasteiger partial charge in [0.25, 0.3) is 5.60 Å². The molecule has 0 aromatic heterocycles. The molecule has 1 aliphatic rings. The van der Waals surface area contributed by atoms with Crippen molar-refractivity contribution in [3.63, 3.8) is 0 Å². The van der Waals surface area contributed by atoms with Crippen LogP contribution in [0, 0.1) is 0 Å². The van der Waals surface area contributed by atoms with E-state index in [4.69, 9.17) is 14.2 Å². The first-order valence-electron chi connectivity index (χ1n) is 5.62. The molecule has 0 aliphatic carbocycles. The summed E-state index contributed by atoms with van der Waals surface area (Å²) in [5.41, 5.74) is -1.28. The molecule has 5 heteroatoms. The van der Waals surface area contributed by atoms with Crippen molar-refractivity contribution >= 4 is 11.8 Å². The minimum Gasteiger partial charge on any atom is -0.493 e. The number of methoxy groups -OCH3 is 1. The van der Waals surface area contributed by atoms with Crippen molar-refractivity contribution in [1.29, 1.82) is 0 Å². The van der Waals surface area contributed by atoms with Gasteiger partial charge in [-0.1, -0.05) is 6.07 Å². The van der Waals surface area contributed by atoms with E-state index in [1.807, 2.05) is 0 Å². The number of rotatable bonds is 3. The summed E-state index contributed by atoms with van der Waals surface area (Å²) >= 11 is 0. The van der Waals surface area contributed by atoms with Gasteiger partial charge in [-0.3, -0.25) is 4.79 Å². The fourth-order valence-electron chi connectivity index (χ4n) is 1.87. The van der Waals surface area contributed by atoms with E-state index in [9.17, 15) is 9.59 Å². The molecule has 1 unspecified atom stereocenters. The number of benzene rings is 1. The Labute approximate surface area is 105 Å². The van der Waals surface area contributed by atoms with E-state index in [1.54, 1.807) is 25.1 Å². The highest BCUT2D eigenvalue weighted by Crippen LogP contribution is 2.42. The normalized spacial score (nSPS) is 21.2. The summed E-state index contributed by atoms with van der Waals surface area (Å²) in [6.07, 6.45) is 0. The Bertz CT molecular complexity index is 508. The van der Waals surface area contributed by atoms with Gasteiger partial charge in [0.2, 0.25) is 5.78 Å². The highest BCUT2D eigenvalue weighted by Gasteiger charge is 2.52. The van der Waals surface area contributed by atoms with Crippen molar-refractivity contribution in [2.75, 3.05) is 13.7 Å². The van der Waals surface area contributed by atoms with Crippen molar-refractivity contribution < 1.29 is 23.8 Å². The molecule has 5 nitrogen and oxygen atoms in total. The molecule has 0 saturated heterocycles. The number of para-hydroxylation sites is 1. The van der Waals surface area contributed by atoms with Crippen LogP contribution in [0.1, 0.15) is 24.2 Å². The summed E-state index contributed by atoms with van der Waals surface area (Å²) in [7, 11) is 1.48. The van der Waals surface area contributed by atoms with Crippen LogP contribution in [0.3, 0.4) is 0 Å². The Morgan fingerprint density at radius 3 is 2.78 bits per heavy atom. The molecule has 0 amide bonds. The topological polar surface area (TPSA) is 61.8 Å². The van der Waals surface area contributed by atoms with E-state index >= 15 is 0 Å². The molecular weight excluding hydrogens is 236 g/mol. The Kier molecular flexibility index (Phi) is 2.98. The first-order chi connectivity index (χ1) is 8.54. The Morgan fingerprint density at radius 1 is 1.44 bits per heavy atom. The maximum Gasteiger partial charge on any atom is 0.358 e. The minimum atomic E-state index is -1.62. The lowest BCUT2D eigenvalue weighted by Gasteiger charge is -2.19. The summed E-state index contributed by atoms with van der Waals surface area (Å²) in [5.74, 6) is -0.377. The lowest BCUT2D eigenvalue weighted by molar-refractivity contribution is -0.155. The smallest absolute Gasteiger partial charge is 0.358 e. The first-order valence-corrected chi connectivity index (χ1v) is 5.62. The third-order valence-corrected chi connectivity index (χ3v) is 2.85. The van der Waals surface area contributed by atoms with Gasteiger partial charge in [-0.2, -0.15) is 0 Å². The van der Waals surface area contributed by atoms with Gasteiger partial charge in [0.1, 0.15) is 0 Å². The minimum absolute atomic E-state index is 0.193. The van der Waals surface area contributed by atoms with Crippen molar-refractivity contribution in [1.82, 2.24) is 0 Å². The molecule has 0 fully saturated rings. The summed E-state index contributed by atoms with van der Waals surface area (Å²) in [6.45, 7) is 3.28. The molecule has 0 bridgehead atoms. The zero-order valence-corrected chi connectivity index (χ0v) is 10.5. The largest absolute Gasteiger partial charge is 0.493 e. The van der Waals surface area contributed by atoms with Gasteiger partial charge in [-0.15, -0.1) is 0 Å². The van der Waals surface area contributed by atoms with Crippen LogP contribution in [0.5, 0.6) is 11.5 Å². The predicted octanol–water partition coefficient (Wildman–Crippen LogP) is 1.59. The van der Waals surface area contributed by atoms with Crippen molar-refractivity contribution in [3.05, 3.63) is 23.8 Å². The van der Waals surface area contributed by atoms with Crippen LogP contribution in [-0.4, -0.2) is 31.1 Å². The van der Waals surface area contributed by atoms with Gasteiger partial charge in [0, 0.05) is 0 Å². The second-order valence-electron chi connectivity index (χ2n) is 4.02. The fraction of sp³-hybridized carbons (Fsp3) is 0.385. The number of fused-ring (bicyclic) bond motifs is 1. The lowest BCUT2D eigenvalue weighted by Crippen LogP contribution is -2.46. The van der Waals surface area contributed by atoms with E-state index in [2.05, 4.69) is 0 Å². The fourth-order valence-corrected chi connectivity index (χ4v) is 1.87. The molecule has 1 atom stereocenters. The van der Waals surface area contributed by atoms with E-state index < -0.39 is 17.4 Å². The molecule has 1 heterocycles. The van der Waals surface area contributed by atoms with Gasteiger partial charge < -0.3 is 14.2 Å². The zero-order chi connectivity index (χ0) is 13.3. The second kappa shape index (κ2) is 4.33. The molecule has 0 radical (unpaired) electrons. The van der Waals surface area contributed by atoms with Crippen molar-refractivity contribution in [3.8, 4) is 11.5 Å². The number of ketones is 1. The summed E-state index contributed by atoms with van der Waals surface area (Å²) < 4.78 is 15.5. The number of Topliss-reactive ketones (excluding diaryl/α,β-unsaturated/α-hetero) is 1. The average Bonchev–Trinajstić information content (AvgIpc) is 2.63. The third kappa shape index (κ3) is 1.63. The molecule has 1 aliphatic heterocycles. The summed E-state index contributed by atoms with van der Waals surface area (Å²) in [4.78, 5) is 24.1. The SMILES string of the molecule is CCOC(=O)C1(C)Oc2c(OC)cccc2C1=O. The molecule has 0 saturated carbocycles. The van der Waals surface area contributed by atoms with Gasteiger partial charge >= 0.3 is 5.97 Å². The van der Waals surface area contributed by atoms with E-state index in [0.717, 1.165) is 0 Å². The molecular formula is C13H14O5. The number of hydrogen-bond acceptors (Lipinski definition) is 5. The van der Waals surface area contributed by atoms with Crippen LogP contribution in [-0.2, 0) is 9.53 Å². The maximum atomic E-state index is 12.2. The number of hydrogen-bond donors (Lipinski definition) is 0. The quantitative estimate of drug-likeness (QED) is 0.602. The summed E-state index contributed by atoms with van der Waals surface area (Å²) in [6, 6.07) is 4.95. The molecule has 1 aromatic rings. The van der Waals surface area contributed by atoms with Gasteiger partial charge in [-0.05, 0) is 26.0 Å². The van der Waals surface area contributed by atoms with Gasteiger partial charge in [0.15, 0.2) is 11.5 Å². The zero-order valence-electron chi connectivity index (χ0n) is 10.5. The Morgan fingerprint density at radius 2 is 2.17 bits per heavy atom. The van der Waals surface area contributed by atoms with Crippen LogP contribution >= 0.6 is 0 Å². The number of esters is 1. The van der Waals surface area contributed by atoms with Crippen molar-refractivity contribution in [2.45, 2.75) is 19.4 Å². The second-order valence-corrected chi connectivity index (χ2v) is 4.02. The molecule has 96 valence electrons. The van der Waals surface area contributed by atoms with Gasteiger partial charge in [-0.25, -0.2) is 4.79 Å². The Balaban J connectivity index is 2.44. The van der Waals surface area contributed by atoms with E-state index in [-0.39, 0.29) is 6.61 Å². The van der Waals surface area contributed by atoms with Crippen LogP contribution in [0.4, 0.5) is 0 Å². The van der Waals surface area contributed by atoms with Crippen molar-refractivity contribution in [2.24, 2.45) is 0 Å². The first kappa shape index (κ1) is 12.4. The third-order valence-electron chi connectivity index (χ3n) is 2.85. The standard InChI is InChI=1S/C13H14O5/c1-4-17-12(15)13(2)11(14)8-6-5-7-9(16-3)10(8)18-13/h5-7H,4H2,1-3H3. The number of carbonyl (C=O) groups is 2. The predicted molar refractivity (Wildman–Crippen MR) is 63.0 cm³/mol. The van der Waals surface area contributed by atoms with E-state index in [0.29, 0.717) is 17.1 Å². The number of ether oxygens (including phenoxy) is 3. The van der Waals surface area contributed by atoms with Crippen LogP contribution < -0.4 is 9.47 Å². The van der Waals surface area contributed by atoms with Crippen LogP contribution in [0.2, 0.25) is 0 Å². The van der Waals surface area contributed by atoms with Gasteiger partial charge in [0.05, 0.1) is 19.3 Å².